The Hall–Kier alpha value is -1.92. The van der Waals surface area contributed by atoms with E-state index in [0.717, 1.165) is 77.0 Å². The molecule has 0 aromatic rings. The summed E-state index contributed by atoms with van der Waals surface area (Å²) in [6.07, 6.45) is 54.9. The number of nitrogens with one attached hydrogen (secondary N) is 1. The van der Waals surface area contributed by atoms with Gasteiger partial charge >= 0.3 is 5.97 Å². The lowest BCUT2D eigenvalue weighted by Crippen LogP contribution is -2.46. The van der Waals surface area contributed by atoms with E-state index < -0.39 is 18.2 Å². The van der Waals surface area contributed by atoms with Gasteiger partial charge in [0.05, 0.1) is 25.2 Å². The SMILES string of the molecule is CC/C=C/C/C=C/CCCCCCCC(CC(=O)NC(CO)C(O)CCCCCCCCCCCCCCCCCCC)OC(=O)CCCCCCC/C=C\CCCC. The first-order chi connectivity index (χ1) is 29.0. The zero-order chi connectivity index (χ0) is 43.1. The summed E-state index contributed by atoms with van der Waals surface area (Å²) in [5, 5.41) is 23.8. The first-order valence-corrected chi connectivity index (χ1v) is 25.7. The number of esters is 1. The van der Waals surface area contributed by atoms with E-state index in [1.54, 1.807) is 0 Å². The van der Waals surface area contributed by atoms with Crippen LogP contribution < -0.4 is 5.32 Å². The number of hydrogen-bond donors (Lipinski definition) is 3. The minimum absolute atomic E-state index is 0.0666. The Morgan fingerprint density at radius 3 is 1.44 bits per heavy atom. The van der Waals surface area contributed by atoms with Crippen molar-refractivity contribution in [3.8, 4) is 0 Å². The van der Waals surface area contributed by atoms with Crippen molar-refractivity contribution >= 4 is 11.9 Å². The van der Waals surface area contributed by atoms with Gasteiger partial charge in [0.25, 0.3) is 0 Å². The number of unbranched alkanes of at least 4 members (excludes halogenated alkanes) is 28. The fourth-order valence-corrected chi connectivity index (χ4v) is 7.80. The number of carbonyl (C=O) groups excluding carboxylic acids is 2. The van der Waals surface area contributed by atoms with Gasteiger partial charge in [-0.3, -0.25) is 9.59 Å². The van der Waals surface area contributed by atoms with E-state index in [0.29, 0.717) is 19.3 Å². The van der Waals surface area contributed by atoms with Gasteiger partial charge in [-0.25, -0.2) is 0 Å². The molecular formula is C53H99NO5. The zero-order valence-electron chi connectivity index (χ0n) is 39.4. The van der Waals surface area contributed by atoms with Gasteiger partial charge in [-0.15, -0.1) is 0 Å². The summed E-state index contributed by atoms with van der Waals surface area (Å²) in [6, 6.07) is -0.705. The van der Waals surface area contributed by atoms with Crippen LogP contribution in [-0.2, 0) is 14.3 Å². The predicted molar refractivity (Wildman–Crippen MR) is 255 cm³/mol. The number of hydrogen-bond acceptors (Lipinski definition) is 5. The number of aliphatic hydroxyl groups is 2. The normalized spacial score (nSPS) is 13.5. The van der Waals surface area contributed by atoms with Crippen LogP contribution in [0.1, 0.15) is 265 Å². The van der Waals surface area contributed by atoms with E-state index in [1.807, 2.05) is 0 Å². The Morgan fingerprint density at radius 2 is 0.932 bits per heavy atom. The number of amides is 1. The van der Waals surface area contributed by atoms with Crippen LogP contribution in [0.15, 0.2) is 36.5 Å². The summed E-state index contributed by atoms with van der Waals surface area (Å²) in [4.78, 5) is 26.1. The third-order valence-corrected chi connectivity index (χ3v) is 11.7. The Kier molecular flexibility index (Phi) is 45.6. The summed E-state index contributed by atoms with van der Waals surface area (Å²) in [5.74, 6) is -0.493. The second-order valence-corrected chi connectivity index (χ2v) is 17.5. The molecule has 0 bridgehead atoms. The van der Waals surface area contributed by atoms with Crippen molar-refractivity contribution in [3.63, 3.8) is 0 Å². The molecule has 3 unspecified atom stereocenters. The Morgan fingerprint density at radius 1 is 0.508 bits per heavy atom. The quantitative estimate of drug-likeness (QED) is 0.0323. The maximum absolute atomic E-state index is 13.2. The molecule has 1 amide bonds. The lowest BCUT2D eigenvalue weighted by atomic mass is 10.0. The van der Waals surface area contributed by atoms with Crippen LogP contribution >= 0.6 is 0 Å². The van der Waals surface area contributed by atoms with Crippen LogP contribution in [0.2, 0.25) is 0 Å². The highest BCUT2D eigenvalue weighted by molar-refractivity contribution is 5.77. The number of rotatable bonds is 46. The monoisotopic (exact) mass is 830 g/mol. The fraction of sp³-hybridized carbons (Fsp3) is 0.849. The van der Waals surface area contributed by atoms with Gasteiger partial charge in [-0.05, 0) is 70.6 Å². The Balaban J connectivity index is 4.48. The molecule has 59 heavy (non-hydrogen) atoms. The minimum Gasteiger partial charge on any atom is -0.462 e. The van der Waals surface area contributed by atoms with Crippen LogP contribution in [0.5, 0.6) is 0 Å². The first kappa shape index (κ1) is 57.1. The minimum atomic E-state index is -0.791. The van der Waals surface area contributed by atoms with Crippen molar-refractivity contribution in [2.45, 2.75) is 283 Å². The van der Waals surface area contributed by atoms with Gasteiger partial charge in [0.1, 0.15) is 6.10 Å². The second-order valence-electron chi connectivity index (χ2n) is 17.5. The van der Waals surface area contributed by atoms with Gasteiger partial charge in [-0.2, -0.15) is 0 Å². The molecule has 0 radical (unpaired) electrons. The average Bonchev–Trinajstić information content (AvgIpc) is 3.23. The van der Waals surface area contributed by atoms with Crippen molar-refractivity contribution < 1.29 is 24.5 Å². The van der Waals surface area contributed by atoms with Crippen molar-refractivity contribution in [1.82, 2.24) is 5.32 Å². The van der Waals surface area contributed by atoms with E-state index in [2.05, 4.69) is 62.5 Å². The molecule has 0 aliphatic heterocycles. The maximum Gasteiger partial charge on any atom is 0.306 e. The Labute approximate surface area is 366 Å². The van der Waals surface area contributed by atoms with Crippen LogP contribution in [0.25, 0.3) is 0 Å². The van der Waals surface area contributed by atoms with E-state index >= 15 is 0 Å². The number of aliphatic hydroxyl groups excluding tert-OH is 2. The molecule has 0 fully saturated rings. The van der Waals surface area contributed by atoms with Gasteiger partial charge in [0, 0.05) is 6.42 Å². The summed E-state index contributed by atoms with van der Waals surface area (Å²) in [6.45, 7) is 6.35. The highest BCUT2D eigenvalue weighted by Gasteiger charge is 2.24. The number of ether oxygens (including phenoxy) is 1. The molecule has 0 aliphatic rings. The summed E-state index contributed by atoms with van der Waals surface area (Å²) in [7, 11) is 0. The van der Waals surface area contributed by atoms with E-state index in [-0.39, 0.29) is 24.9 Å². The second kappa shape index (κ2) is 47.1. The number of allylic oxidation sites excluding steroid dienone is 6. The van der Waals surface area contributed by atoms with Crippen molar-refractivity contribution in [3.05, 3.63) is 36.5 Å². The molecule has 0 aromatic carbocycles. The molecule has 0 rings (SSSR count). The molecule has 6 nitrogen and oxygen atoms in total. The molecule has 346 valence electrons. The maximum atomic E-state index is 13.2. The molecule has 3 N–H and O–H groups in total. The average molecular weight is 830 g/mol. The van der Waals surface area contributed by atoms with Gasteiger partial charge in [0.15, 0.2) is 0 Å². The standard InChI is InChI=1S/C53H99NO5/c1-4-7-10-13-16-19-22-24-25-26-27-28-31-33-36-39-42-45-51(56)50(48-55)54-52(57)47-49(44-41-38-35-32-30-23-20-17-14-11-8-5-2)59-53(58)46-43-40-37-34-29-21-18-15-12-9-6-3/h8,11,15,17-18,20,49-51,55-56H,4-7,9-10,12-14,16,19,21-48H2,1-3H3,(H,54,57)/b11-8+,18-15-,20-17+. The topological polar surface area (TPSA) is 95.9 Å². The molecular weight excluding hydrogens is 731 g/mol. The number of carbonyl (C=O) groups is 2. The highest BCUT2D eigenvalue weighted by Crippen LogP contribution is 2.18. The molecule has 0 aromatic heterocycles. The van der Waals surface area contributed by atoms with E-state index in [1.165, 1.54) is 141 Å². The Bertz CT molecular complexity index is 977. The summed E-state index contributed by atoms with van der Waals surface area (Å²) in [5.41, 5.74) is 0. The smallest absolute Gasteiger partial charge is 0.306 e. The third kappa shape index (κ3) is 42.6. The third-order valence-electron chi connectivity index (χ3n) is 11.7. The van der Waals surface area contributed by atoms with Crippen LogP contribution in [0, 0.1) is 0 Å². The largest absolute Gasteiger partial charge is 0.462 e. The first-order valence-electron chi connectivity index (χ1n) is 25.7. The molecule has 0 aliphatic carbocycles. The van der Waals surface area contributed by atoms with Crippen LogP contribution in [0.3, 0.4) is 0 Å². The fourth-order valence-electron chi connectivity index (χ4n) is 7.80. The lowest BCUT2D eigenvalue weighted by Gasteiger charge is -2.24. The van der Waals surface area contributed by atoms with Crippen molar-refractivity contribution in [1.29, 1.82) is 0 Å². The molecule has 6 heteroatoms. The van der Waals surface area contributed by atoms with Crippen molar-refractivity contribution in [2.24, 2.45) is 0 Å². The zero-order valence-corrected chi connectivity index (χ0v) is 39.4. The van der Waals surface area contributed by atoms with E-state index in [4.69, 9.17) is 4.74 Å². The van der Waals surface area contributed by atoms with Gasteiger partial charge in [0.2, 0.25) is 5.91 Å². The van der Waals surface area contributed by atoms with Crippen molar-refractivity contribution in [2.75, 3.05) is 6.61 Å². The summed E-state index contributed by atoms with van der Waals surface area (Å²) < 4.78 is 5.91. The molecule has 3 atom stereocenters. The molecule has 0 saturated heterocycles. The molecule has 0 saturated carbocycles. The van der Waals surface area contributed by atoms with Gasteiger partial charge < -0.3 is 20.3 Å². The molecule has 0 spiro atoms. The van der Waals surface area contributed by atoms with Gasteiger partial charge in [-0.1, -0.05) is 218 Å². The summed E-state index contributed by atoms with van der Waals surface area (Å²) >= 11 is 0. The van der Waals surface area contributed by atoms with E-state index in [9.17, 15) is 19.8 Å². The molecule has 0 heterocycles. The highest BCUT2D eigenvalue weighted by atomic mass is 16.5. The predicted octanol–water partition coefficient (Wildman–Crippen LogP) is 15.3. The van der Waals surface area contributed by atoms with Crippen LogP contribution in [-0.4, -0.2) is 46.9 Å². The van der Waals surface area contributed by atoms with Crippen LogP contribution in [0.4, 0.5) is 0 Å². The lowest BCUT2D eigenvalue weighted by molar-refractivity contribution is -0.151.